The van der Waals surface area contributed by atoms with Crippen LogP contribution in [-0.2, 0) is 9.59 Å². The highest BCUT2D eigenvalue weighted by molar-refractivity contribution is 6.06. The van der Waals surface area contributed by atoms with Gasteiger partial charge in [0.1, 0.15) is 11.5 Å². The molecule has 5 aliphatic rings. The first-order valence-corrected chi connectivity index (χ1v) is 10.4. The third-order valence-electron chi connectivity index (χ3n) is 7.18. The Hall–Kier alpha value is -3.55. The minimum Gasteiger partial charge on any atom is -0.455 e. The number of allylic oxidation sites excluding steroid dienone is 2. The summed E-state index contributed by atoms with van der Waals surface area (Å²) in [4.78, 5) is 36.8. The van der Waals surface area contributed by atoms with Crippen LogP contribution in [0.15, 0.2) is 52.0 Å². The van der Waals surface area contributed by atoms with Crippen LogP contribution in [0.2, 0.25) is 0 Å². The smallest absolute Gasteiger partial charge is 0.280 e. The van der Waals surface area contributed by atoms with Gasteiger partial charge in [-0.1, -0.05) is 18.2 Å². The minimum atomic E-state index is -0.450. The first-order chi connectivity index (χ1) is 14.9. The van der Waals surface area contributed by atoms with E-state index in [1.165, 1.54) is 12.3 Å². The maximum Gasteiger partial charge on any atom is 0.280 e. The Bertz CT molecular complexity index is 1180. The van der Waals surface area contributed by atoms with Gasteiger partial charge in [-0.2, -0.15) is 10.1 Å². The number of imide groups is 1. The molecule has 1 saturated heterocycles. The number of aryl methyl sites for hydroxylation is 1. The lowest BCUT2D eigenvalue weighted by Crippen LogP contribution is -2.40. The molecule has 6 atom stereocenters. The van der Waals surface area contributed by atoms with E-state index in [2.05, 4.69) is 17.3 Å². The van der Waals surface area contributed by atoms with Crippen LogP contribution in [0.3, 0.4) is 0 Å². The predicted molar refractivity (Wildman–Crippen MR) is 110 cm³/mol. The summed E-state index contributed by atoms with van der Waals surface area (Å²) in [6.07, 6.45) is 6.67. The van der Waals surface area contributed by atoms with Crippen LogP contribution in [0.25, 0.3) is 11.3 Å². The average Bonchev–Trinajstić information content (AvgIpc) is 3.39. The van der Waals surface area contributed by atoms with Crippen LogP contribution < -0.4 is 0 Å². The fourth-order valence-electron chi connectivity index (χ4n) is 5.74. The first-order valence-electron chi connectivity index (χ1n) is 10.4. The fourth-order valence-corrected chi connectivity index (χ4v) is 5.74. The summed E-state index contributed by atoms with van der Waals surface area (Å²) in [5, 5.41) is 16.5. The van der Waals surface area contributed by atoms with E-state index >= 15 is 0 Å². The van der Waals surface area contributed by atoms with Crippen LogP contribution in [-0.4, -0.2) is 28.0 Å². The molecule has 0 radical (unpaired) electrons. The van der Waals surface area contributed by atoms with Crippen molar-refractivity contribution in [2.24, 2.45) is 40.6 Å². The number of benzene rings is 1. The first kappa shape index (κ1) is 18.2. The van der Waals surface area contributed by atoms with Crippen molar-refractivity contribution in [3.05, 3.63) is 63.9 Å². The summed E-state index contributed by atoms with van der Waals surface area (Å²) in [5.74, 6) is 0.922. The number of amides is 2. The van der Waals surface area contributed by atoms with Gasteiger partial charge in [0, 0.05) is 6.07 Å². The zero-order valence-corrected chi connectivity index (χ0v) is 16.7. The van der Waals surface area contributed by atoms with E-state index in [0.29, 0.717) is 28.9 Å². The number of hydrazone groups is 1. The normalized spacial score (nSPS) is 32.6. The second-order valence-corrected chi connectivity index (χ2v) is 8.87. The largest absolute Gasteiger partial charge is 0.455 e. The van der Waals surface area contributed by atoms with Gasteiger partial charge in [-0.05, 0) is 60.8 Å². The Kier molecular flexibility index (Phi) is 3.66. The molecule has 2 heterocycles. The monoisotopic (exact) mass is 417 g/mol. The highest BCUT2D eigenvalue weighted by Gasteiger charge is 2.67. The van der Waals surface area contributed by atoms with Gasteiger partial charge in [0.05, 0.1) is 28.5 Å². The predicted octanol–water partition coefficient (Wildman–Crippen LogP) is 3.55. The van der Waals surface area contributed by atoms with E-state index in [9.17, 15) is 19.7 Å². The topological polar surface area (TPSA) is 106 Å². The van der Waals surface area contributed by atoms with Crippen LogP contribution >= 0.6 is 0 Å². The van der Waals surface area contributed by atoms with Crippen molar-refractivity contribution in [3.8, 4) is 11.3 Å². The van der Waals surface area contributed by atoms with Crippen molar-refractivity contribution in [2.75, 3.05) is 0 Å². The van der Waals surface area contributed by atoms with E-state index in [1.54, 1.807) is 31.2 Å². The number of rotatable bonds is 4. The molecule has 0 N–H and O–H groups in total. The van der Waals surface area contributed by atoms with Gasteiger partial charge in [0.2, 0.25) is 0 Å². The Morgan fingerprint density at radius 3 is 2.42 bits per heavy atom. The molecule has 0 spiro atoms. The molecule has 7 rings (SSSR count). The Morgan fingerprint density at radius 1 is 1.10 bits per heavy atom. The molecule has 31 heavy (non-hydrogen) atoms. The summed E-state index contributed by atoms with van der Waals surface area (Å²) in [6.45, 7) is 1.78. The quantitative estimate of drug-likeness (QED) is 0.249. The molecule has 1 aromatic carbocycles. The van der Waals surface area contributed by atoms with Crippen molar-refractivity contribution < 1.29 is 18.9 Å². The Labute approximate surface area is 177 Å². The van der Waals surface area contributed by atoms with Crippen molar-refractivity contribution >= 4 is 23.7 Å². The lowest BCUT2D eigenvalue weighted by molar-refractivity contribution is -0.384. The maximum absolute atomic E-state index is 13.0. The van der Waals surface area contributed by atoms with Crippen LogP contribution in [0, 0.1) is 52.5 Å². The lowest BCUT2D eigenvalue weighted by atomic mass is 9.63. The van der Waals surface area contributed by atoms with Gasteiger partial charge in [0.15, 0.2) is 0 Å². The number of nitro benzene ring substituents is 1. The van der Waals surface area contributed by atoms with E-state index in [-0.39, 0.29) is 41.2 Å². The van der Waals surface area contributed by atoms with Gasteiger partial charge in [-0.25, -0.2) is 0 Å². The number of hydrogen-bond donors (Lipinski definition) is 0. The molecule has 2 aromatic rings. The maximum atomic E-state index is 13.0. The summed E-state index contributed by atoms with van der Waals surface area (Å²) in [7, 11) is 0. The summed E-state index contributed by atoms with van der Waals surface area (Å²) < 4.78 is 5.71. The molecule has 8 heteroatoms. The molecule has 0 unspecified atom stereocenters. The number of carbonyl (C=O) groups is 2. The summed E-state index contributed by atoms with van der Waals surface area (Å²) >= 11 is 0. The molecule has 3 fully saturated rings. The van der Waals surface area contributed by atoms with Crippen LogP contribution in [0.5, 0.6) is 0 Å². The molecule has 156 valence electrons. The van der Waals surface area contributed by atoms with E-state index in [1.807, 2.05) is 0 Å². The van der Waals surface area contributed by atoms with Gasteiger partial charge in [0.25, 0.3) is 17.5 Å². The molecule has 2 amide bonds. The summed E-state index contributed by atoms with van der Waals surface area (Å²) in [5.41, 5.74) is 1.09. The lowest BCUT2D eigenvalue weighted by Gasteiger charge is -2.37. The number of nitro groups is 1. The molecule has 8 nitrogen and oxygen atoms in total. The average molecular weight is 417 g/mol. The number of furan rings is 1. The molecular formula is C23H19N3O5. The number of carbonyl (C=O) groups excluding carboxylic acids is 2. The molecule has 2 bridgehead atoms. The van der Waals surface area contributed by atoms with E-state index < -0.39 is 4.92 Å². The van der Waals surface area contributed by atoms with Crippen molar-refractivity contribution in [3.63, 3.8) is 0 Å². The standard InChI is InChI=1S/C23H19N3O5/c1-11-2-4-15(18(8-11)26(29)30)19-7-3-12(31-19)10-24-25-22(27)20-13-5-6-14(17-9-16(13)17)21(20)23(25)28/h2-8,10,13-14,16-17,20-21H,9H2,1H3/b24-10-/t13-,14-,16-,17+,20-,21-/m1/s1. The zero-order chi connectivity index (χ0) is 21.4. The van der Waals surface area contributed by atoms with Crippen molar-refractivity contribution in [1.82, 2.24) is 5.01 Å². The molecule has 1 aliphatic heterocycles. The SMILES string of the molecule is Cc1ccc(-c2ccc(/C=N\N3C(=O)[C@@H]4[C@@H]5C=C[C@H]([C@@H]6C[C@H]56)[C@H]4C3=O)o2)c([N+](=O)[O-])c1. The van der Waals surface area contributed by atoms with Crippen molar-refractivity contribution in [2.45, 2.75) is 13.3 Å². The molecule has 1 aromatic heterocycles. The van der Waals surface area contributed by atoms with Crippen LogP contribution in [0.4, 0.5) is 5.69 Å². The fraction of sp³-hybridized carbons (Fsp3) is 0.348. The number of nitrogens with zero attached hydrogens (tertiary/aromatic N) is 3. The third kappa shape index (κ3) is 2.57. The molecular weight excluding hydrogens is 398 g/mol. The van der Waals surface area contributed by atoms with Crippen LogP contribution in [0.1, 0.15) is 17.7 Å². The second-order valence-electron chi connectivity index (χ2n) is 8.87. The second kappa shape index (κ2) is 6.23. The molecule has 4 aliphatic carbocycles. The van der Waals surface area contributed by atoms with Crippen molar-refractivity contribution in [1.29, 1.82) is 0 Å². The van der Waals surface area contributed by atoms with E-state index in [4.69, 9.17) is 4.42 Å². The highest BCUT2D eigenvalue weighted by Crippen LogP contribution is 2.65. The Balaban J connectivity index is 1.26. The third-order valence-corrected chi connectivity index (χ3v) is 7.18. The minimum absolute atomic E-state index is 0.0478. The Morgan fingerprint density at radius 2 is 1.77 bits per heavy atom. The summed E-state index contributed by atoms with van der Waals surface area (Å²) in [6, 6.07) is 8.13. The van der Waals surface area contributed by atoms with Gasteiger partial charge >= 0.3 is 0 Å². The van der Waals surface area contributed by atoms with Gasteiger partial charge in [-0.3, -0.25) is 19.7 Å². The highest BCUT2D eigenvalue weighted by atomic mass is 16.6. The molecule has 2 saturated carbocycles. The number of hydrogen-bond acceptors (Lipinski definition) is 6. The van der Waals surface area contributed by atoms with Gasteiger partial charge < -0.3 is 4.42 Å². The zero-order valence-electron chi connectivity index (χ0n) is 16.7. The van der Waals surface area contributed by atoms with Gasteiger partial charge in [-0.15, -0.1) is 0 Å². The van der Waals surface area contributed by atoms with E-state index in [0.717, 1.165) is 17.0 Å².